The Bertz CT molecular complexity index is 982. The standard InChI is InChI=1S/C17H20N4O3S/c1-12(2)11-21(16-5-4-6-17(19-16)24-3)25(22,23)14-7-8-15-13(9-14)10-18-20-15/h4-10,12H,11H2,1-3H3,(H,18,20). The Balaban J connectivity index is 2.09. The molecule has 3 aromatic rings. The minimum atomic E-state index is -3.77. The molecule has 1 N–H and O–H groups in total. The zero-order valence-electron chi connectivity index (χ0n) is 14.3. The minimum absolute atomic E-state index is 0.125. The number of benzene rings is 1. The second kappa shape index (κ2) is 6.72. The van der Waals surface area contributed by atoms with Crippen LogP contribution >= 0.6 is 0 Å². The first kappa shape index (κ1) is 17.2. The number of sulfonamides is 1. The van der Waals surface area contributed by atoms with Crippen molar-refractivity contribution in [1.29, 1.82) is 0 Å². The Morgan fingerprint density at radius 2 is 2.04 bits per heavy atom. The molecule has 0 radical (unpaired) electrons. The lowest BCUT2D eigenvalue weighted by Crippen LogP contribution is -2.35. The van der Waals surface area contributed by atoms with Crippen molar-refractivity contribution in [1.82, 2.24) is 15.2 Å². The molecule has 0 aliphatic heterocycles. The van der Waals surface area contributed by atoms with Gasteiger partial charge in [-0.1, -0.05) is 19.9 Å². The molecule has 132 valence electrons. The number of aromatic amines is 1. The molecule has 7 nitrogen and oxygen atoms in total. The zero-order chi connectivity index (χ0) is 18.0. The zero-order valence-corrected chi connectivity index (χ0v) is 15.1. The van der Waals surface area contributed by atoms with E-state index in [0.717, 1.165) is 10.9 Å². The van der Waals surface area contributed by atoms with Crippen LogP contribution in [-0.2, 0) is 10.0 Å². The lowest BCUT2D eigenvalue weighted by atomic mass is 10.2. The van der Waals surface area contributed by atoms with Gasteiger partial charge in [-0.15, -0.1) is 0 Å². The van der Waals surface area contributed by atoms with Crippen molar-refractivity contribution in [3.05, 3.63) is 42.6 Å². The number of nitrogens with one attached hydrogen (secondary N) is 1. The van der Waals surface area contributed by atoms with Crippen molar-refractivity contribution in [3.63, 3.8) is 0 Å². The van der Waals surface area contributed by atoms with Crippen LogP contribution in [0.25, 0.3) is 10.9 Å². The van der Waals surface area contributed by atoms with Gasteiger partial charge in [0, 0.05) is 18.0 Å². The smallest absolute Gasteiger partial charge is 0.265 e. The first-order valence-corrected chi connectivity index (χ1v) is 9.32. The SMILES string of the molecule is COc1cccc(N(CC(C)C)S(=O)(=O)c2ccc3[nH]ncc3c2)n1. The quantitative estimate of drug-likeness (QED) is 0.730. The van der Waals surface area contributed by atoms with Crippen molar-refractivity contribution in [2.24, 2.45) is 5.92 Å². The molecular formula is C17H20N4O3S. The Morgan fingerprint density at radius 3 is 2.76 bits per heavy atom. The largest absolute Gasteiger partial charge is 0.481 e. The fraction of sp³-hybridized carbons (Fsp3) is 0.294. The van der Waals surface area contributed by atoms with E-state index in [1.54, 1.807) is 42.6 Å². The molecule has 0 amide bonds. The summed E-state index contributed by atoms with van der Waals surface area (Å²) < 4.78 is 32.9. The lowest BCUT2D eigenvalue weighted by molar-refractivity contribution is 0.398. The molecule has 25 heavy (non-hydrogen) atoms. The average Bonchev–Trinajstić information content (AvgIpc) is 3.07. The predicted octanol–water partition coefficient (Wildman–Crippen LogP) is 2.82. The maximum atomic E-state index is 13.2. The van der Waals surface area contributed by atoms with E-state index < -0.39 is 10.0 Å². The summed E-state index contributed by atoms with van der Waals surface area (Å²) in [4.78, 5) is 4.50. The number of anilines is 1. The monoisotopic (exact) mass is 360 g/mol. The number of methoxy groups -OCH3 is 1. The second-order valence-corrected chi connectivity index (χ2v) is 7.95. The number of ether oxygens (including phenoxy) is 1. The van der Waals surface area contributed by atoms with E-state index in [1.165, 1.54) is 11.4 Å². The van der Waals surface area contributed by atoms with Gasteiger partial charge in [-0.3, -0.25) is 5.10 Å². The van der Waals surface area contributed by atoms with Crippen molar-refractivity contribution >= 4 is 26.7 Å². The van der Waals surface area contributed by atoms with E-state index in [2.05, 4.69) is 15.2 Å². The Kier molecular flexibility index (Phi) is 4.63. The molecule has 0 spiro atoms. The van der Waals surface area contributed by atoms with Crippen molar-refractivity contribution in [3.8, 4) is 5.88 Å². The Morgan fingerprint density at radius 1 is 1.24 bits per heavy atom. The molecule has 2 heterocycles. The summed E-state index contributed by atoms with van der Waals surface area (Å²) in [5.74, 6) is 0.826. The molecule has 2 aromatic heterocycles. The van der Waals surface area contributed by atoms with Crippen molar-refractivity contribution < 1.29 is 13.2 Å². The normalized spacial score (nSPS) is 11.8. The third kappa shape index (κ3) is 3.43. The number of H-pyrrole nitrogens is 1. The number of hydrogen-bond donors (Lipinski definition) is 1. The Hall–Kier alpha value is -2.61. The van der Waals surface area contributed by atoms with Gasteiger partial charge >= 0.3 is 0 Å². The van der Waals surface area contributed by atoms with Crippen LogP contribution in [-0.4, -0.2) is 37.3 Å². The highest BCUT2D eigenvalue weighted by atomic mass is 32.2. The number of rotatable bonds is 6. The fourth-order valence-corrected chi connectivity index (χ4v) is 4.12. The molecule has 0 bridgehead atoms. The highest BCUT2D eigenvalue weighted by Crippen LogP contribution is 2.26. The molecule has 0 aliphatic rings. The number of pyridine rings is 1. The van der Waals surface area contributed by atoms with Gasteiger partial charge in [0.15, 0.2) is 0 Å². The van der Waals surface area contributed by atoms with Crippen LogP contribution in [0.5, 0.6) is 5.88 Å². The number of nitrogens with zero attached hydrogens (tertiary/aromatic N) is 3. The topological polar surface area (TPSA) is 88.2 Å². The van der Waals surface area contributed by atoms with Gasteiger partial charge in [0.1, 0.15) is 5.82 Å². The number of hydrogen-bond acceptors (Lipinski definition) is 5. The van der Waals surface area contributed by atoms with Crippen LogP contribution in [0.3, 0.4) is 0 Å². The lowest BCUT2D eigenvalue weighted by Gasteiger charge is -2.25. The molecular weight excluding hydrogens is 340 g/mol. The predicted molar refractivity (Wildman–Crippen MR) is 96.3 cm³/mol. The maximum Gasteiger partial charge on any atom is 0.265 e. The highest BCUT2D eigenvalue weighted by Gasteiger charge is 2.27. The van der Waals surface area contributed by atoms with Gasteiger partial charge in [0.05, 0.1) is 23.7 Å². The molecule has 0 saturated carbocycles. The first-order valence-electron chi connectivity index (χ1n) is 7.88. The average molecular weight is 360 g/mol. The summed E-state index contributed by atoms with van der Waals surface area (Å²) in [6, 6.07) is 9.97. The van der Waals surface area contributed by atoms with Crippen molar-refractivity contribution in [2.75, 3.05) is 18.0 Å². The molecule has 1 aromatic carbocycles. The third-order valence-corrected chi connectivity index (χ3v) is 5.47. The Labute approximate surface area is 146 Å². The van der Waals surface area contributed by atoms with Gasteiger partial charge in [-0.25, -0.2) is 12.7 Å². The summed E-state index contributed by atoms with van der Waals surface area (Å²) in [7, 11) is -2.27. The van der Waals surface area contributed by atoms with Crippen molar-refractivity contribution in [2.45, 2.75) is 18.7 Å². The van der Waals surface area contributed by atoms with Crippen LogP contribution in [0.2, 0.25) is 0 Å². The summed E-state index contributed by atoms with van der Waals surface area (Å²) >= 11 is 0. The van der Waals surface area contributed by atoms with Crippen LogP contribution in [0.15, 0.2) is 47.5 Å². The van der Waals surface area contributed by atoms with Crippen LogP contribution in [0.4, 0.5) is 5.82 Å². The minimum Gasteiger partial charge on any atom is -0.481 e. The van der Waals surface area contributed by atoms with Gasteiger partial charge < -0.3 is 4.74 Å². The molecule has 0 unspecified atom stereocenters. The molecule has 0 saturated heterocycles. The summed E-state index contributed by atoms with van der Waals surface area (Å²) in [6.07, 6.45) is 1.60. The van der Waals surface area contributed by atoms with Crippen LogP contribution in [0, 0.1) is 5.92 Å². The van der Waals surface area contributed by atoms with Crippen LogP contribution in [0.1, 0.15) is 13.8 Å². The summed E-state index contributed by atoms with van der Waals surface area (Å²) in [5, 5.41) is 7.50. The summed E-state index contributed by atoms with van der Waals surface area (Å²) in [5.41, 5.74) is 0.786. The molecule has 8 heteroatoms. The molecule has 0 fully saturated rings. The molecule has 3 rings (SSSR count). The van der Waals surface area contributed by atoms with E-state index in [4.69, 9.17) is 4.74 Å². The van der Waals surface area contributed by atoms with E-state index in [1.807, 2.05) is 13.8 Å². The highest BCUT2D eigenvalue weighted by molar-refractivity contribution is 7.92. The maximum absolute atomic E-state index is 13.2. The molecule has 0 atom stereocenters. The fourth-order valence-electron chi connectivity index (χ4n) is 2.51. The van der Waals surface area contributed by atoms with E-state index in [-0.39, 0.29) is 10.8 Å². The van der Waals surface area contributed by atoms with Gasteiger partial charge in [0.2, 0.25) is 5.88 Å². The van der Waals surface area contributed by atoms with E-state index >= 15 is 0 Å². The van der Waals surface area contributed by atoms with Gasteiger partial charge in [-0.2, -0.15) is 10.1 Å². The number of aromatic nitrogens is 3. The second-order valence-electron chi connectivity index (χ2n) is 6.09. The third-order valence-electron chi connectivity index (χ3n) is 3.70. The van der Waals surface area contributed by atoms with Gasteiger partial charge in [0.25, 0.3) is 10.0 Å². The van der Waals surface area contributed by atoms with E-state index in [9.17, 15) is 8.42 Å². The van der Waals surface area contributed by atoms with Crippen LogP contribution < -0.4 is 9.04 Å². The van der Waals surface area contributed by atoms with Gasteiger partial charge in [-0.05, 0) is 30.2 Å². The summed E-state index contributed by atoms with van der Waals surface area (Å²) in [6.45, 7) is 4.23. The number of fused-ring (bicyclic) bond motifs is 1. The first-order chi connectivity index (χ1) is 11.9. The molecule has 0 aliphatic carbocycles. The van der Waals surface area contributed by atoms with E-state index in [0.29, 0.717) is 18.2 Å².